The average Bonchev–Trinajstić information content (AvgIpc) is 0.826. The third-order valence-corrected chi connectivity index (χ3v) is 15.5. The minimum absolute atomic E-state index is 0.0375. The molecule has 566 valence electrons. The molecule has 9 amide bonds. The normalized spacial score (nSPS) is 26.1. The Morgan fingerprint density at radius 3 is 0.837 bits per heavy atom. The molecule has 98 heavy (non-hydrogen) atoms. The van der Waals surface area contributed by atoms with Crippen LogP contribution in [0.2, 0.25) is 0 Å². The van der Waals surface area contributed by atoms with Crippen molar-refractivity contribution in [3.63, 3.8) is 0 Å². The lowest BCUT2D eigenvalue weighted by atomic mass is 9.97. The van der Waals surface area contributed by atoms with Gasteiger partial charge in [-0.2, -0.15) is 0 Å². The van der Waals surface area contributed by atoms with Crippen LogP contribution in [-0.2, 0) is 85.8 Å². The number of aliphatic hydroxyl groups is 9. The van der Waals surface area contributed by atoms with E-state index in [0.717, 1.165) is 0 Å². The fourth-order valence-corrected chi connectivity index (χ4v) is 10.5. The second-order valence-corrected chi connectivity index (χ2v) is 24.4. The monoisotopic (exact) mass is 1410 g/mol. The fourth-order valence-electron chi connectivity index (χ4n) is 10.5. The molecule has 15 atom stereocenters. The maximum Gasteiger partial charge on any atom is 0.222 e. The van der Waals surface area contributed by atoms with Crippen molar-refractivity contribution in [3.05, 3.63) is 0 Å². The fraction of sp³-hybridized carbons (Fsp3) is 0.852. The molecule has 0 spiro atoms. The van der Waals surface area contributed by atoms with Crippen LogP contribution in [0.5, 0.6) is 0 Å². The molecule has 0 aromatic carbocycles. The van der Waals surface area contributed by atoms with Crippen molar-refractivity contribution in [3.8, 4) is 0 Å². The van der Waals surface area contributed by atoms with Gasteiger partial charge < -0.3 is 142 Å². The molecule has 3 rings (SSSR count). The Morgan fingerprint density at radius 1 is 0.367 bits per heavy atom. The van der Waals surface area contributed by atoms with Gasteiger partial charge in [-0.1, -0.05) is 13.8 Å². The third-order valence-electron chi connectivity index (χ3n) is 15.5. The van der Waals surface area contributed by atoms with Crippen LogP contribution in [0.25, 0.3) is 0 Å². The molecule has 19 N–H and O–H groups in total. The minimum Gasteiger partial charge on any atom is -0.394 e. The zero-order valence-electron chi connectivity index (χ0n) is 56.8. The smallest absolute Gasteiger partial charge is 0.222 e. The van der Waals surface area contributed by atoms with Crippen LogP contribution in [0.3, 0.4) is 0 Å². The number of carbonyl (C=O) groups excluding carboxylic acids is 9. The van der Waals surface area contributed by atoms with Gasteiger partial charge in [0, 0.05) is 124 Å². The first-order valence-corrected chi connectivity index (χ1v) is 33.4. The van der Waals surface area contributed by atoms with Gasteiger partial charge in [0.05, 0.1) is 65.0 Å². The van der Waals surface area contributed by atoms with E-state index < -0.39 is 135 Å². The predicted octanol–water partition coefficient (Wildman–Crippen LogP) is -7.97. The maximum absolute atomic E-state index is 12.8. The summed E-state index contributed by atoms with van der Waals surface area (Å²) in [5.41, 5.74) is -1.06. The van der Waals surface area contributed by atoms with Gasteiger partial charge >= 0.3 is 0 Å². The largest absolute Gasteiger partial charge is 0.394 e. The molecule has 0 aromatic heterocycles. The summed E-state index contributed by atoms with van der Waals surface area (Å²) in [5.74, 6) is -3.42. The standard InChI is InChI=1S/C61H110N10O27/c1-36(2)71-61(33-90-27-15-46(81)65-21-18-62-43(78)12-6-9-24-93-58-49(68-37(3)75)55(87)52(84)40(30-72)96-58,34-91-28-16-47(82)66-22-19-63-44(79)13-7-10-25-94-59-50(69-38(4)76)56(88)53(85)41(31-73)97-59)35-92-29-17-48(83)67-23-20-64-45(80)14-8-11-26-95-60-51(70-39(5)77)57(89)54(86)42(32-74)98-60/h36,40-42,49-60,71-74,84-89H,6-35H2,1-5H3,(H,62,78)(H,63,79)(H,64,80)(H,65,81)(H,66,82)(H,67,83)(H,68,75)(H,69,76)(H,70,77)/t40?,41?,42?,49?,50?,51?,52-,53-,54-,55+,56+,57+,58+,59+,60+,61?/m0/s1. The summed E-state index contributed by atoms with van der Waals surface area (Å²) >= 11 is 0. The van der Waals surface area contributed by atoms with E-state index in [1.165, 1.54) is 20.8 Å². The molecule has 3 aliphatic rings. The molecule has 3 saturated heterocycles. The Labute approximate surface area is 570 Å². The van der Waals surface area contributed by atoms with Crippen molar-refractivity contribution in [2.75, 3.05) is 119 Å². The molecule has 0 aromatic rings. The molecule has 3 fully saturated rings. The van der Waals surface area contributed by atoms with E-state index in [1.54, 1.807) is 0 Å². The van der Waals surface area contributed by atoms with Gasteiger partial charge in [-0.3, -0.25) is 43.2 Å². The number of rotatable bonds is 50. The van der Waals surface area contributed by atoms with Crippen molar-refractivity contribution >= 4 is 53.2 Å². The van der Waals surface area contributed by atoms with Crippen LogP contribution in [0.1, 0.15) is 112 Å². The molecule has 0 aliphatic carbocycles. The number of amides is 9. The second kappa shape index (κ2) is 48.3. The zero-order chi connectivity index (χ0) is 72.6. The van der Waals surface area contributed by atoms with Crippen LogP contribution in [0.15, 0.2) is 0 Å². The Bertz CT molecular complexity index is 2130. The highest BCUT2D eigenvalue weighted by Crippen LogP contribution is 2.26. The van der Waals surface area contributed by atoms with Crippen LogP contribution < -0.4 is 53.2 Å². The summed E-state index contributed by atoms with van der Waals surface area (Å²) in [6, 6.07) is -3.43. The topological polar surface area (TPSA) is 539 Å². The lowest BCUT2D eigenvalue weighted by Crippen LogP contribution is -2.64. The Balaban J connectivity index is 1.42. The summed E-state index contributed by atoms with van der Waals surface area (Å²) in [6.45, 7) is 6.40. The van der Waals surface area contributed by atoms with Crippen LogP contribution in [-0.4, -0.2) is 321 Å². The van der Waals surface area contributed by atoms with Crippen molar-refractivity contribution in [1.29, 1.82) is 0 Å². The van der Waals surface area contributed by atoms with E-state index in [9.17, 15) is 89.1 Å². The van der Waals surface area contributed by atoms with Gasteiger partial charge in [-0.25, -0.2) is 0 Å². The molecule has 37 nitrogen and oxygen atoms in total. The first kappa shape index (κ1) is 86.7. The number of aliphatic hydroxyl groups excluding tert-OH is 9. The molecular formula is C61H110N10O27. The van der Waals surface area contributed by atoms with Crippen molar-refractivity contribution in [2.45, 2.75) is 215 Å². The van der Waals surface area contributed by atoms with Gasteiger partial charge in [-0.15, -0.1) is 0 Å². The molecule has 0 radical (unpaired) electrons. The molecule has 6 unspecified atom stereocenters. The van der Waals surface area contributed by atoms with Crippen molar-refractivity contribution < 1.29 is 132 Å². The van der Waals surface area contributed by atoms with Gasteiger partial charge in [0.2, 0.25) is 53.2 Å². The quantitative estimate of drug-likeness (QED) is 0.0252. The average molecular weight is 1420 g/mol. The number of unbranched alkanes of at least 4 members (excludes halogenated alkanes) is 3. The SMILES string of the molecule is CC(=O)NC1[C@H](OCCCCC(=O)NCCNC(=O)CCOCC(COCCC(=O)NCCNC(=O)CCCCO[C@@H]2OC(CO)[C@H](O)[C@H](O)C2NC(C)=O)(COCCC(=O)NCCNC(=O)CCCCO[C@@H]2OC(CO)[C@H](O)[C@H](O)C2NC(C)=O)NC(C)C)OC(CO)[C@H](O)[C@@H]1O. The molecule has 0 bridgehead atoms. The highest BCUT2D eigenvalue weighted by molar-refractivity contribution is 5.79. The first-order chi connectivity index (χ1) is 46.7. The summed E-state index contributed by atoms with van der Waals surface area (Å²) in [4.78, 5) is 111. The molecule has 3 heterocycles. The first-order valence-electron chi connectivity index (χ1n) is 33.4. The van der Waals surface area contributed by atoms with Crippen molar-refractivity contribution in [2.24, 2.45) is 0 Å². The minimum atomic E-state index is -1.45. The van der Waals surface area contributed by atoms with Crippen LogP contribution >= 0.6 is 0 Å². The number of hydrogen-bond acceptors (Lipinski definition) is 28. The Morgan fingerprint density at radius 2 is 0.612 bits per heavy atom. The predicted molar refractivity (Wildman–Crippen MR) is 341 cm³/mol. The van der Waals surface area contributed by atoms with E-state index in [4.69, 9.17) is 42.6 Å². The lowest BCUT2D eigenvalue weighted by Gasteiger charge is -2.42. The van der Waals surface area contributed by atoms with Crippen molar-refractivity contribution in [1.82, 2.24) is 53.2 Å². The Hall–Kier alpha value is -5.53. The molecular weight excluding hydrogens is 1300 g/mol. The summed E-state index contributed by atoms with van der Waals surface area (Å²) < 4.78 is 51.7. The van der Waals surface area contributed by atoms with Crippen LogP contribution in [0, 0.1) is 0 Å². The van der Waals surface area contributed by atoms with Gasteiger partial charge in [0.1, 0.15) is 73.1 Å². The highest BCUT2D eigenvalue weighted by atomic mass is 16.7. The lowest BCUT2D eigenvalue weighted by molar-refractivity contribution is -0.270. The summed E-state index contributed by atoms with van der Waals surface area (Å²) in [5, 5.41) is 118. The molecule has 0 saturated carbocycles. The zero-order valence-corrected chi connectivity index (χ0v) is 56.8. The number of nitrogens with one attached hydrogen (secondary N) is 10. The second-order valence-electron chi connectivity index (χ2n) is 24.4. The van der Waals surface area contributed by atoms with Gasteiger partial charge in [0.15, 0.2) is 18.9 Å². The summed E-state index contributed by atoms with van der Waals surface area (Å²) in [7, 11) is 0. The highest BCUT2D eigenvalue weighted by Gasteiger charge is 2.48. The third kappa shape index (κ3) is 33.8. The maximum atomic E-state index is 12.8. The van der Waals surface area contributed by atoms with Gasteiger partial charge in [-0.05, 0) is 38.5 Å². The van der Waals surface area contributed by atoms with E-state index in [2.05, 4.69) is 53.2 Å². The van der Waals surface area contributed by atoms with E-state index in [0.29, 0.717) is 38.5 Å². The number of carbonyl (C=O) groups is 9. The number of hydrogen-bond donors (Lipinski definition) is 19. The number of ether oxygens (including phenoxy) is 9. The summed E-state index contributed by atoms with van der Waals surface area (Å²) in [6.07, 6.45) is -13.0. The van der Waals surface area contributed by atoms with E-state index >= 15 is 0 Å². The van der Waals surface area contributed by atoms with E-state index in [-0.39, 0.29) is 179 Å². The molecule has 37 heteroatoms. The molecule has 3 aliphatic heterocycles. The van der Waals surface area contributed by atoms with E-state index in [1.807, 2.05) is 13.8 Å². The van der Waals surface area contributed by atoms with Gasteiger partial charge in [0.25, 0.3) is 0 Å². The Kier molecular flexibility index (Phi) is 42.7. The van der Waals surface area contributed by atoms with Crippen LogP contribution in [0.4, 0.5) is 0 Å².